The van der Waals surface area contributed by atoms with Crippen LogP contribution in [0, 0.1) is 5.92 Å². The fourth-order valence-electron chi connectivity index (χ4n) is 1.51. The van der Waals surface area contributed by atoms with Gasteiger partial charge >= 0.3 is 5.97 Å². The standard InChI is InChI=1S/C13H17Cl2NO2/c1-8(2)4-5-16-12-10(13(17)18-3)6-9(14)7-11(12)15/h6-8,16H,4-5H2,1-3H3. The number of hydrogen-bond donors (Lipinski definition) is 1. The van der Waals surface area contributed by atoms with E-state index in [-0.39, 0.29) is 0 Å². The summed E-state index contributed by atoms with van der Waals surface area (Å²) < 4.78 is 4.72. The van der Waals surface area contributed by atoms with Gasteiger partial charge in [0.05, 0.1) is 23.4 Å². The molecule has 100 valence electrons. The van der Waals surface area contributed by atoms with E-state index < -0.39 is 5.97 Å². The molecule has 0 aliphatic heterocycles. The number of esters is 1. The number of hydrogen-bond acceptors (Lipinski definition) is 3. The summed E-state index contributed by atoms with van der Waals surface area (Å²) in [6.07, 6.45) is 0.986. The second kappa shape index (κ2) is 6.86. The number of methoxy groups -OCH3 is 1. The Hall–Kier alpha value is -0.930. The van der Waals surface area contributed by atoms with Gasteiger partial charge in [0.15, 0.2) is 0 Å². The van der Waals surface area contributed by atoms with Crippen LogP contribution < -0.4 is 5.32 Å². The largest absolute Gasteiger partial charge is 0.465 e. The molecule has 0 fully saturated rings. The van der Waals surface area contributed by atoms with Crippen molar-refractivity contribution in [1.29, 1.82) is 0 Å². The number of halogens is 2. The predicted molar refractivity (Wildman–Crippen MR) is 75.7 cm³/mol. The monoisotopic (exact) mass is 289 g/mol. The maximum Gasteiger partial charge on any atom is 0.340 e. The third-order valence-corrected chi connectivity index (χ3v) is 3.00. The lowest BCUT2D eigenvalue weighted by Crippen LogP contribution is -2.11. The minimum atomic E-state index is -0.452. The van der Waals surface area contributed by atoms with Crippen LogP contribution in [0.4, 0.5) is 5.69 Å². The van der Waals surface area contributed by atoms with Gasteiger partial charge in [-0.1, -0.05) is 37.0 Å². The van der Waals surface area contributed by atoms with E-state index in [1.807, 2.05) is 0 Å². The predicted octanol–water partition coefficient (Wildman–Crippen LogP) is 4.24. The van der Waals surface area contributed by atoms with Gasteiger partial charge in [0.1, 0.15) is 0 Å². The number of carbonyl (C=O) groups excluding carboxylic acids is 1. The summed E-state index contributed by atoms with van der Waals surface area (Å²) in [5.41, 5.74) is 0.937. The van der Waals surface area contributed by atoms with Crippen LogP contribution in [0.3, 0.4) is 0 Å². The minimum Gasteiger partial charge on any atom is -0.465 e. The van der Waals surface area contributed by atoms with Crippen molar-refractivity contribution in [2.24, 2.45) is 5.92 Å². The van der Waals surface area contributed by atoms with Crippen molar-refractivity contribution >= 4 is 34.9 Å². The molecule has 0 spiro atoms. The molecule has 0 amide bonds. The van der Waals surface area contributed by atoms with E-state index in [1.54, 1.807) is 12.1 Å². The van der Waals surface area contributed by atoms with E-state index in [9.17, 15) is 4.79 Å². The van der Waals surface area contributed by atoms with Crippen molar-refractivity contribution in [2.45, 2.75) is 20.3 Å². The molecule has 0 unspecified atom stereocenters. The van der Waals surface area contributed by atoms with E-state index in [4.69, 9.17) is 27.9 Å². The highest BCUT2D eigenvalue weighted by Gasteiger charge is 2.16. The lowest BCUT2D eigenvalue weighted by Gasteiger charge is -2.14. The smallest absolute Gasteiger partial charge is 0.340 e. The van der Waals surface area contributed by atoms with Crippen LogP contribution in [0.5, 0.6) is 0 Å². The molecular weight excluding hydrogens is 273 g/mol. The van der Waals surface area contributed by atoms with Crippen LogP contribution in [0.2, 0.25) is 10.0 Å². The molecule has 0 aromatic heterocycles. The van der Waals surface area contributed by atoms with Crippen LogP contribution in [0.25, 0.3) is 0 Å². The number of carbonyl (C=O) groups is 1. The summed E-state index contributed by atoms with van der Waals surface area (Å²) in [6, 6.07) is 3.16. The Morgan fingerprint density at radius 3 is 2.61 bits per heavy atom. The SMILES string of the molecule is COC(=O)c1cc(Cl)cc(Cl)c1NCCC(C)C. The molecule has 1 aromatic rings. The molecule has 1 rings (SSSR count). The molecule has 0 saturated carbocycles. The van der Waals surface area contributed by atoms with E-state index in [0.717, 1.165) is 13.0 Å². The van der Waals surface area contributed by atoms with Crippen molar-refractivity contribution < 1.29 is 9.53 Å². The van der Waals surface area contributed by atoms with Gasteiger partial charge in [0, 0.05) is 11.6 Å². The fraction of sp³-hybridized carbons (Fsp3) is 0.462. The number of anilines is 1. The maximum absolute atomic E-state index is 11.7. The Balaban J connectivity index is 2.96. The van der Waals surface area contributed by atoms with Gasteiger partial charge in [-0.05, 0) is 24.5 Å². The molecule has 0 aliphatic rings. The third-order valence-electron chi connectivity index (χ3n) is 2.48. The molecule has 0 radical (unpaired) electrons. The van der Waals surface area contributed by atoms with Crippen molar-refractivity contribution in [3.05, 3.63) is 27.7 Å². The molecule has 5 heteroatoms. The average molecular weight is 290 g/mol. The number of benzene rings is 1. The first-order valence-electron chi connectivity index (χ1n) is 5.77. The van der Waals surface area contributed by atoms with Gasteiger partial charge in [-0.3, -0.25) is 0 Å². The van der Waals surface area contributed by atoms with Gasteiger partial charge in [0.2, 0.25) is 0 Å². The second-order valence-corrected chi connectivity index (χ2v) is 5.25. The van der Waals surface area contributed by atoms with Crippen LogP contribution in [0.15, 0.2) is 12.1 Å². The Morgan fingerprint density at radius 2 is 2.06 bits per heavy atom. The molecular formula is C13H17Cl2NO2. The molecule has 18 heavy (non-hydrogen) atoms. The van der Waals surface area contributed by atoms with Crippen molar-refractivity contribution in [3.63, 3.8) is 0 Å². The molecule has 0 aliphatic carbocycles. The first-order chi connectivity index (χ1) is 8.45. The average Bonchev–Trinajstić information content (AvgIpc) is 2.30. The van der Waals surface area contributed by atoms with Gasteiger partial charge in [0.25, 0.3) is 0 Å². The molecule has 0 saturated heterocycles. The third kappa shape index (κ3) is 4.07. The number of nitrogens with one attached hydrogen (secondary N) is 1. The fourth-order valence-corrected chi connectivity index (χ4v) is 2.07. The first-order valence-corrected chi connectivity index (χ1v) is 6.52. The molecule has 0 bridgehead atoms. The van der Waals surface area contributed by atoms with Crippen LogP contribution in [0.1, 0.15) is 30.6 Å². The van der Waals surface area contributed by atoms with Gasteiger partial charge in [-0.2, -0.15) is 0 Å². The minimum absolute atomic E-state index is 0.360. The van der Waals surface area contributed by atoms with E-state index >= 15 is 0 Å². The van der Waals surface area contributed by atoms with Crippen molar-refractivity contribution in [2.75, 3.05) is 19.0 Å². The second-order valence-electron chi connectivity index (χ2n) is 4.41. The van der Waals surface area contributed by atoms with Crippen LogP contribution in [-0.4, -0.2) is 19.6 Å². The highest BCUT2D eigenvalue weighted by Crippen LogP contribution is 2.30. The molecule has 0 atom stereocenters. The zero-order chi connectivity index (χ0) is 13.7. The summed E-state index contributed by atoms with van der Waals surface area (Å²) in [6.45, 7) is 5.00. The normalized spacial score (nSPS) is 10.6. The molecule has 1 N–H and O–H groups in total. The Kier molecular flexibility index (Phi) is 5.76. The summed E-state index contributed by atoms with van der Waals surface area (Å²) in [4.78, 5) is 11.7. The number of ether oxygens (including phenoxy) is 1. The van der Waals surface area contributed by atoms with Gasteiger partial charge < -0.3 is 10.1 Å². The Bertz CT molecular complexity index is 433. The highest BCUT2D eigenvalue weighted by atomic mass is 35.5. The first kappa shape index (κ1) is 15.1. The quantitative estimate of drug-likeness (QED) is 0.824. The van der Waals surface area contributed by atoms with E-state index in [0.29, 0.717) is 27.2 Å². The summed E-state index contributed by atoms with van der Waals surface area (Å²) in [5, 5.41) is 4.00. The molecule has 1 aromatic carbocycles. The zero-order valence-electron chi connectivity index (χ0n) is 10.7. The van der Waals surface area contributed by atoms with E-state index in [2.05, 4.69) is 19.2 Å². The van der Waals surface area contributed by atoms with Crippen LogP contribution in [-0.2, 0) is 4.74 Å². The lowest BCUT2D eigenvalue weighted by atomic mass is 10.1. The molecule has 0 heterocycles. The van der Waals surface area contributed by atoms with Gasteiger partial charge in [-0.25, -0.2) is 4.79 Å². The highest BCUT2D eigenvalue weighted by molar-refractivity contribution is 6.37. The van der Waals surface area contributed by atoms with Crippen molar-refractivity contribution in [1.82, 2.24) is 0 Å². The molecule has 3 nitrogen and oxygen atoms in total. The number of rotatable bonds is 5. The van der Waals surface area contributed by atoms with Crippen LogP contribution >= 0.6 is 23.2 Å². The lowest BCUT2D eigenvalue weighted by molar-refractivity contribution is 0.0602. The van der Waals surface area contributed by atoms with Crippen molar-refractivity contribution in [3.8, 4) is 0 Å². The topological polar surface area (TPSA) is 38.3 Å². The summed E-state index contributed by atoms with van der Waals surface area (Å²) in [7, 11) is 1.33. The van der Waals surface area contributed by atoms with E-state index in [1.165, 1.54) is 7.11 Å². The Labute approximate surface area is 117 Å². The zero-order valence-corrected chi connectivity index (χ0v) is 12.2. The van der Waals surface area contributed by atoms with Gasteiger partial charge in [-0.15, -0.1) is 0 Å². The summed E-state index contributed by atoms with van der Waals surface area (Å²) in [5.74, 6) is 0.122. The maximum atomic E-state index is 11.7. The Morgan fingerprint density at radius 1 is 1.39 bits per heavy atom. The summed E-state index contributed by atoms with van der Waals surface area (Å²) >= 11 is 12.0.